The van der Waals surface area contributed by atoms with Crippen molar-refractivity contribution in [2.75, 3.05) is 17.4 Å². The van der Waals surface area contributed by atoms with Gasteiger partial charge in [-0.15, -0.1) is 0 Å². The third-order valence-electron chi connectivity index (χ3n) is 3.12. The van der Waals surface area contributed by atoms with Gasteiger partial charge in [-0.1, -0.05) is 23.8 Å². The molecular weight excluding hydrogens is 236 g/mol. The fourth-order valence-electron chi connectivity index (χ4n) is 2.21. The molecule has 0 saturated heterocycles. The number of benzene rings is 1. The summed E-state index contributed by atoms with van der Waals surface area (Å²) in [4.78, 5) is 6.62. The summed E-state index contributed by atoms with van der Waals surface area (Å²) in [5.74, 6) is 6.06. The molecule has 0 spiro atoms. The molecule has 1 aromatic heterocycles. The van der Waals surface area contributed by atoms with Gasteiger partial charge in [-0.05, 0) is 37.6 Å². The van der Waals surface area contributed by atoms with Crippen LogP contribution in [0.3, 0.4) is 0 Å². The van der Waals surface area contributed by atoms with Crippen LogP contribution in [0.5, 0.6) is 0 Å². The fourth-order valence-corrected chi connectivity index (χ4v) is 2.21. The molecule has 4 nitrogen and oxygen atoms in total. The summed E-state index contributed by atoms with van der Waals surface area (Å²) in [6, 6.07) is 12.3. The Bertz CT molecular complexity index is 566. The normalized spacial score (nSPS) is 10.3. The fraction of sp³-hybridized carbons (Fsp3) is 0.267. The smallest absolute Gasteiger partial charge is 0.140 e. The highest BCUT2D eigenvalue weighted by molar-refractivity contribution is 5.54. The molecule has 0 radical (unpaired) electrons. The second-order valence-corrected chi connectivity index (χ2v) is 4.80. The SMILES string of the molecule is Cc1ccc(N(C)Cc2cccc(NN)n2)c(C)c1. The first-order chi connectivity index (χ1) is 9.10. The van der Waals surface area contributed by atoms with Crippen LogP contribution in [0.25, 0.3) is 0 Å². The van der Waals surface area contributed by atoms with Crippen LogP contribution in [0.15, 0.2) is 36.4 Å². The minimum Gasteiger partial charge on any atom is -0.368 e. The summed E-state index contributed by atoms with van der Waals surface area (Å²) >= 11 is 0. The van der Waals surface area contributed by atoms with E-state index in [0.29, 0.717) is 5.82 Å². The first-order valence-electron chi connectivity index (χ1n) is 6.31. The second-order valence-electron chi connectivity index (χ2n) is 4.80. The van der Waals surface area contributed by atoms with Gasteiger partial charge < -0.3 is 10.3 Å². The van der Waals surface area contributed by atoms with Gasteiger partial charge in [-0.25, -0.2) is 10.8 Å². The van der Waals surface area contributed by atoms with Gasteiger partial charge >= 0.3 is 0 Å². The van der Waals surface area contributed by atoms with Gasteiger partial charge in [0, 0.05) is 12.7 Å². The van der Waals surface area contributed by atoms with Crippen molar-refractivity contribution in [1.82, 2.24) is 4.98 Å². The lowest BCUT2D eigenvalue weighted by molar-refractivity contribution is 0.880. The number of hydrogen-bond acceptors (Lipinski definition) is 4. The minimum absolute atomic E-state index is 0.687. The number of hydrogen-bond donors (Lipinski definition) is 2. The Morgan fingerprint density at radius 2 is 2.00 bits per heavy atom. The topological polar surface area (TPSA) is 54.2 Å². The number of anilines is 2. The number of nitrogens with two attached hydrogens (primary N) is 1. The number of aromatic nitrogens is 1. The van der Waals surface area contributed by atoms with Gasteiger partial charge in [0.1, 0.15) is 5.82 Å². The van der Waals surface area contributed by atoms with E-state index in [1.807, 2.05) is 18.2 Å². The average Bonchev–Trinajstić information content (AvgIpc) is 2.38. The van der Waals surface area contributed by atoms with Crippen molar-refractivity contribution in [3.63, 3.8) is 0 Å². The second kappa shape index (κ2) is 5.71. The van der Waals surface area contributed by atoms with Crippen molar-refractivity contribution in [2.24, 2.45) is 5.84 Å². The van der Waals surface area contributed by atoms with Crippen LogP contribution in [0.4, 0.5) is 11.5 Å². The van der Waals surface area contributed by atoms with Crippen LogP contribution in [0.2, 0.25) is 0 Å². The third kappa shape index (κ3) is 3.23. The van der Waals surface area contributed by atoms with E-state index in [-0.39, 0.29) is 0 Å². The van der Waals surface area contributed by atoms with Crippen LogP contribution in [0, 0.1) is 13.8 Å². The standard InChI is InChI=1S/C15H20N4/c1-11-7-8-14(12(2)9-11)19(3)10-13-5-4-6-15(17-13)18-16/h4-9H,10,16H2,1-3H3,(H,17,18). The highest BCUT2D eigenvalue weighted by atomic mass is 15.3. The van der Waals surface area contributed by atoms with Crippen molar-refractivity contribution >= 4 is 11.5 Å². The maximum atomic E-state index is 5.38. The predicted molar refractivity (Wildman–Crippen MR) is 80.1 cm³/mol. The number of nitrogens with zero attached hydrogens (tertiary/aromatic N) is 2. The van der Waals surface area contributed by atoms with Gasteiger partial charge in [-0.2, -0.15) is 0 Å². The molecule has 0 atom stereocenters. The number of rotatable bonds is 4. The van der Waals surface area contributed by atoms with Crippen molar-refractivity contribution in [3.8, 4) is 0 Å². The van der Waals surface area contributed by atoms with Crippen molar-refractivity contribution < 1.29 is 0 Å². The Hall–Kier alpha value is -2.07. The largest absolute Gasteiger partial charge is 0.368 e. The molecule has 2 aromatic rings. The monoisotopic (exact) mass is 256 g/mol. The summed E-state index contributed by atoms with van der Waals surface area (Å²) in [7, 11) is 2.07. The lowest BCUT2D eigenvalue weighted by Crippen LogP contribution is -2.19. The molecule has 0 fully saturated rings. The molecule has 100 valence electrons. The quantitative estimate of drug-likeness (QED) is 0.652. The molecule has 1 aromatic carbocycles. The van der Waals surface area contributed by atoms with Gasteiger partial charge in [0.15, 0.2) is 0 Å². The lowest BCUT2D eigenvalue weighted by atomic mass is 10.1. The van der Waals surface area contributed by atoms with E-state index >= 15 is 0 Å². The molecule has 19 heavy (non-hydrogen) atoms. The molecule has 3 N–H and O–H groups in total. The number of hydrazine groups is 1. The van der Waals surface area contributed by atoms with E-state index in [1.165, 1.54) is 16.8 Å². The Kier molecular flexibility index (Phi) is 4.02. The first-order valence-corrected chi connectivity index (χ1v) is 6.31. The lowest BCUT2D eigenvalue weighted by Gasteiger charge is -2.21. The van der Waals surface area contributed by atoms with E-state index in [2.05, 4.69) is 54.4 Å². The molecule has 1 heterocycles. The molecule has 0 bridgehead atoms. The Morgan fingerprint density at radius 1 is 1.21 bits per heavy atom. The summed E-state index contributed by atoms with van der Waals surface area (Å²) in [5, 5.41) is 0. The van der Waals surface area contributed by atoms with E-state index < -0.39 is 0 Å². The summed E-state index contributed by atoms with van der Waals surface area (Å²) in [6.45, 7) is 4.98. The molecule has 2 rings (SSSR count). The molecule has 0 unspecified atom stereocenters. The van der Waals surface area contributed by atoms with Gasteiger partial charge in [-0.3, -0.25) is 0 Å². The van der Waals surface area contributed by atoms with E-state index in [0.717, 1.165) is 12.2 Å². The molecule has 0 amide bonds. The highest BCUT2D eigenvalue weighted by Crippen LogP contribution is 2.21. The van der Waals surface area contributed by atoms with Gasteiger partial charge in [0.25, 0.3) is 0 Å². The zero-order valence-corrected chi connectivity index (χ0v) is 11.6. The van der Waals surface area contributed by atoms with Crippen molar-refractivity contribution in [1.29, 1.82) is 0 Å². The van der Waals surface area contributed by atoms with Crippen LogP contribution >= 0.6 is 0 Å². The number of nitrogen functional groups attached to an aromatic ring is 1. The molecular formula is C15H20N4. The van der Waals surface area contributed by atoms with Crippen LogP contribution in [0.1, 0.15) is 16.8 Å². The first kappa shape index (κ1) is 13.4. The summed E-state index contributed by atoms with van der Waals surface area (Å²) in [6.07, 6.45) is 0. The Balaban J connectivity index is 2.17. The zero-order chi connectivity index (χ0) is 13.8. The van der Waals surface area contributed by atoms with Gasteiger partial charge in [0.05, 0.1) is 12.2 Å². The Morgan fingerprint density at radius 3 is 2.68 bits per heavy atom. The van der Waals surface area contributed by atoms with Gasteiger partial charge in [0.2, 0.25) is 0 Å². The van der Waals surface area contributed by atoms with E-state index in [1.54, 1.807) is 0 Å². The number of pyridine rings is 1. The average molecular weight is 256 g/mol. The van der Waals surface area contributed by atoms with E-state index in [4.69, 9.17) is 5.84 Å². The number of aryl methyl sites for hydroxylation is 2. The van der Waals surface area contributed by atoms with Crippen LogP contribution < -0.4 is 16.2 Å². The number of nitrogens with one attached hydrogen (secondary N) is 1. The molecule has 0 aliphatic heterocycles. The minimum atomic E-state index is 0.687. The maximum absolute atomic E-state index is 5.38. The highest BCUT2D eigenvalue weighted by Gasteiger charge is 2.06. The summed E-state index contributed by atoms with van der Waals surface area (Å²) < 4.78 is 0. The maximum Gasteiger partial charge on any atom is 0.140 e. The third-order valence-corrected chi connectivity index (χ3v) is 3.12. The molecule has 0 aliphatic carbocycles. The van der Waals surface area contributed by atoms with Crippen LogP contribution in [-0.2, 0) is 6.54 Å². The van der Waals surface area contributed by atoms with Crippen LogP contribution in [-0.4, -0.2) is 12.0 Å². The Labute approximate surface area is 114 Å². The molecule has 0 saturated carbocycles. The van der Waals surface area contributed by atoms with Crippen molar-refractivity contribution in [3.05, 3.63) is 53.2 Å². The molecule has 0 aliphatic rings. The molecule has 4 heteroatoms. The van der Waals surface area contributed by atoms with Crippen molar-refractivity contribution in [2.45, 2.75) is 20.4 Å². The zero-order valence-electron chi connectivity index (χ0n) is 11.6. The van der Waals surface area contributed by atoms with E-state index in [9.17, 15) is 0 Å². The predicted octanol–water partition coefficient (Wildman–Crippen LogP) is 2.62. The summed E-state index contributed by atoms with van der Waals surface area (Å²) in [5.41, 5.74) is 7.33.